The zero-order chi connectivity index (χ0) is 14.5. The number of aliphatic hydroxyl groups excluding tert-OH is 1. The maximum absolute atomic E-state index is 12.0. The number of anilines is 1. The highest BCUT2D eigenvalue weighted by Gasteiger charge is 2.16. The summed E-state index contributed by atoms with van der Waals surface area (Å²) >= 11 is 0. The van der Waals surface area contributed by atoms with E-state index in [0.717, 1.165) is 6.42 Å². The first kappa shape index (κ1) is 15.7. The first-order chi connectivity index (χ1) is 8.90. The van der Waals surface area contributed by atoms with Crippen molar-refractivity contribution in [1.29, 1.82) is 0 Å². The Kier molecular flexibility index (Phi) is 5.59. The second-order valence-electron chi connectivity index (χ2n) is 4.20. The van der Waals surface area contributed by atoms with E-state index in [9.17, 15) is 13.5 Å². The Morgan fingerprint density at radius 2 is 2.16 bits per heavy atom. The largest absolute Gasteiger partial charge is 0.495 e. The third-order valence-corrected chi connectivity index (χ3v) is 4.06. The maximum atomic E-state index is 12.0. The van der Waals surface area contributed by atoms with Crippen molar-refractivity contribution < 1.29 is 18.3 Å². The summed E-state index contributed by atoms with van der Waals surface area (Å²) in [6.07, 6.45) is 0.654. The third kappa shape index (κ3) is 4.38. The molecule has 0 saturated carbocycles. The molecule has 0 saturated heterocycles. The van der Waals surface area contributed by atoms with E-state index in [2.05, 4.69) is 4.72 Å². The lowest BCUT2D eigenvalue weighted by Crippen LogP contribution is -2.32. The molecule has 0 fully saturated rings. The molecular weight excluding hydrogens is 268 g/mol. The van der Waals surface area contributed by atoms with Crippen LogP contribution in [0, 0.1) is 0 Å². The van der Waals surface area contributed by atoms with Crippen LogP contribution >= 0.6 is 0 Å². The van der Waals surface area contributed by atoms with Crippen molar-refractivity contribution in [2.75, 3.05) is 19.4 Å². The molecule has 0 aliphatic heterocycles. The van der Waals surface area contributed by atoms with Gasteiger partial charge in [0.25, 0.3) is 0 Å². The molecule has 1 aromatic carbocycles. The lowest BCUT2D eigenvalue weighted by atomic mass is 10.2. The number of benzene rings is 1. The van der Waals surface area contributed by atoms with Crippen LogP contribution in [0.2, 0.25) is 0 Å². The minimum Gasteiger partial charge on any atom is -0.495 e. The van der Waals surface area contributed by atoms with E-state index in [-0.39, 0.29) is 17.1 Å². The molecular formula is C12H20N2O4S. The summed E-state index contributed by atoms with van der Waals surface area (Å²) in [5.74, 6) is 0.421. The first-order valence-electron chi connectivity index (χ1n) is 6.02. The van der Waals surface area contributed by atoms with E-state index in [0.29, 0.717) is 12.2 Å². The molecule has 0 aromatic heterocycles. The number of nitrogen functional groups attached to an aromatic ring is 1. The van der Waals surface area contributed by atoms with Gasteiger partial charge in [-0.15, -0.1) is 0 Å². The van der Waals surface area contributed by atoms with E-state index in [1.54, 1.807) is 0 Å². The van der Waals surface area contributed by atoms with Crippen LogP contribution < -0.4 is 15.2 Å². The van der Waals surface area contributed by atoms with Crippen molar-refractivity contribution in [1.82, 2.24) is 4.72 Å². The molecule has 6 nitrogen and oxygen atoms in total. The van der Waals surface area contributed by atoms with Gasteiger partial charge in [-0.2, -0.15) is 0 Å². The van der Waals surface area contributed by atoms with Gasteiger partial charge in [-0.1, -0.05) is 13.3 Å². The molecule has 7 heteroatoms. The van der Waals surface area contributed by atoms with Crippen LogP contribution in [-0.2, 0) is 10.0 Å². The average Bonchev–Trinajstić information content (AvgIpc) is 2.37. The van der Waals surface area contributed by atoms with Crippen LogP contribution in [0.4, 0.5) is 5.69 Å². The predicted octanol–water partition coefficient (Wildman–Crippen LogP) is 0.717. The fourth-order valence-electron chi connectivity index (χ4n) is 1.60. The minimum atomic E-state index is -3.67. The lowest BCUT2D eigenvalue weighted by Gasteiger charge is -2.12. The van der Waals surface area contributed by atoms with Crippen LogP contribution in [0.3, 0.4) is 0 Å². The molecule has 0 heterocycles. The number of methoxy groups -OCH3 is 1. The molecule has 1 atom stereocenters. The van der Waals surface area contributed by atoms with Gasteiger partial charge in [-0.25, -0.2) is 13.1 Å². The zero-order valence-corrected chi connectivity index (χ0v) is 11.9. The Morgan fingerprint density at radius 1 is 1.47 bits per heavy atom. The Morgan fingerprint density at radius 3 is 2.68 bits per heavy atom. The Balaban J connectivity index is 2.80. The van der Waals surface area contributed by atoms with E-state index >= 15 is 0 Å². The number of ether oxygens (including phenoxy) is 1. The van der Waals surface area contributed by atoms with Crippen LogP contribution in [-0.4, -0.2) is 33.3 Å². The summed E-state index contributed by atoms with van der Waals surface area (Å²) in [7, 11) is -2.21. The normalized spacial score (nSPS) is 13.2. The van der Waals surface area contributed by atoms with E-state index < -0.39 is 16.1 Å². The SMILES string of the molecule is CCCC(O)CNS(=O)(=O)c1ccc(OC)c(N)c1. The number of aliphatic hydroxyl groups is 1. The van der Waals surface area contributed by atoms with E-state index in [1.807, 2.05) is 6.92 Å². The number of nitrogens with two attached hydrogens (primary N) is 1. The summed E-state index contributed by atoms with van der Waals surface area (Å²) in [6, 6.07) is 4.23. The predicted molar refractivity (Wildman–Crippen MR) is 73.5 cm³/mol. The molecule has 1 aromatic rings. The average molecular weight is 288 g/mol. The molecule has 1 rings (SSSR count). The second-order valence-corrected chi connectivity index (χ2v) is 5.97. The standard InChI is InChI=1S/C12H20N2O4S/c1-3-4-9(15)8-14-19(16,17)10-5-6-12(18-2)11(13)7-10/h5-7,9,14-15H,3-4,8,13H2,1-2H3. The monoisotopic (exact) mass is 288 g/mol. The van der Waals surface area contributed by atoms with Crippen molar-refractivity contribution in [3.05, 3.63) is 18.2 Å². The summed E-state index contributed by atoms with van der Waals surface area (Å²) < 4.78 is 31.3. The summed E-state index contributed by atoms with van der Waals surface area (Å²) in [4.78, 5) is 0.0505. The molecule has 19 heavy (non-hydrogen) atoms. The maximum Gasteiger partial charge on any atom is 0.240 e. The van der Waals surface area contributed by atoms with E-state index in [1.165, 1.54) is 25.3 Å². The fraction of sp³-hybridized carbons (Fsp3) is 0.500. The Labute approximate surface area is 113 Å². The highest BCUT2D eigenvalue weighted by Crippen LogP contribution is 2.24. The summed E-state index contributed by atoms with van der Waals surface area (Å²) in [5, 5.41) is 9.52. The molecule has 0 spiro atoms. The molecule has 0 radical (unpaired) electrons. The third-order valence-electron chi connectivity index (χ3n) is 2.64. The minimum absolute atomic E-state index is 0.0118. The lowest BCUT2D eigenvalue weighted by molar-refractivity contribution is 0.167. The van der Waals surface area contributed by atoms with Crippen molar-refractivity contribution in [2.24, 2.45) is 0 Å². The highest BCUT2D eigenvalue weighted by molar-refractivity contribution is 7.89. The van der Waals surface area contributed by atoms with E-state index in [4.69, 9.17) is 10.5 Å². The van der Waals surface area contributed by atoms with Crippen molar-refractivity contribution in [2.45, 2.75) is 30.8 Å². The van der Waals surface area contributed by atoms with Gasteiger partial charge in [0.1, 0.15) is 5.75 Å². The molecule has 1 unspecified atom stereocenters. The van der Waals surface area contributed by atoms with Crippen LogP contribution in [0.5, 0.6) is 5.75 Å². The van der Waals surface area contributed by atoms with Gasteiger partial charge in [0.15, 0.2) is 0 Å². The fourth-order valence-corrected chi connectivity index (χ4v) is 2.71. The second kappa shape index (κ2) is 6.74. The highest BCUT2D eigenvalue weighted by atomic mass is 32.2. The molecule has 4 N–H and O–H groups in total. The van der Waals surface area contributed by atoms with Gasteiger partial charge in [0.05, 0.1) is 23.8 Å². The summed E-state index contributed by atoms with van der Waals surface area (Å²) in [5.41, 5.74) is 5.92. The van der Waals surface area contributed by atoms with Crippen LogP contribution in [0.15, 0.2) is 23.1 Å². The summed E-state index contributed by atoms with van der Waals surface area (Å²) in [6.45, 7) is 1.91. The van der Waals surface area contributed by atoms with Gasteiger partial charge >= 0.3 is 0 Å². The number of nitrogens with one attached hydrogen (secondary N) is 1. The van der Waals surface area contributed by atoms with Gasteiger partial charge < -0.3 is 15.6 Å². The van der Waals surface area contributed by atoms with Crippen LogP contribution in [0.1, 0.15) is 19.8 Å². The number of hydrogen-bond donors (Lipinski definition) is 3. The number of rotatable bonds is 7. The molecule has 108 valence electrons. The quantitative estimate of drug-likeness (QED) is 0.642. The molecule has 0 aliphatic rings. The first-order valence-corrected chi connectivity index (χ1v) is 7.50. The van der Waals surface area contributed by atoms with Crippen molar-refractivity contribution in [3.63, 3.8) is 0 Å². The van der Waals surface area contributed by atoms with Crippen molar-refractivity contribution >= 4 is 15.7 Å². The Hall–Kier alpha value is -1.31. The molecule has 0 amide bonds. The topological polar surface area (TPSA) is 102 Å². The van der Waals surface area contributed by atoms with Crippen molar-refractivity contribution in [3.8, 4) is 5.75 Å². The van der Waals surface area contributed by atoms with Crippen LogP contribution in [0.25, 0.3) is 0 Å². The molecule has 0 aliphatic carbocycles. The number of sulfonamides is 1. The zero-order valence-electron chi connectivity index (χ0n) is 11.1. The molecule has 0 bridgehead atoms. The number of hydrogen-bond acceptors (Lipinski definition) is 5. The Bertz CT molecular complexity index is 516. The van der Waals surface area contributed by atoms with Gasteiger partial charge in [0.2, 0.25) is 10.0 Å². The van der Waals surface area contributed by atoms with Gasteiger partial charge in [0, 0.05) is 6.54 Å². The van der Waals surface area contributed by atoms with Gasteiger partial charge in [-0.05, 0) is 24.6 Å². The van der Waals surface area contributed by atoms with Gasteiger partial charge in [-0.3, -0.25) is 0 Å². The smallest absolute Gasteiger partial charge is 0.240 e.